The monoisotopic (exact) mass is 252 g/mol. The minimum absolute atomic E-state index is 1.13. The fourth-order valence-electron chi connectivity index (χ4n) is 2.42. The number of hydrogen-bond donors (Lipinski definition) is 0. The van der Waals surface area contributed by atoms with Crippen LogP contribution in [-0.4, -0.2) is 0 Å². The minimum atomic E-state index is 1.13. The summed E-state index contributed by atoms with van der Waals surface area (Å²) >= 11 is 1.93. The average Bonchev–Trinajstić information content (AvgIpc) is 2.76. The lowest BCUT2D eigenvalue weighted by molar-refractivity contribution is 1.16. The van der Waals surface area contributed by atoms with Gasteiger partial charge in [-0.05, 0) is 41.5 Å². The Kier molecular flexibility index (Phi) is 2.92. The zero-order valence-electron chi connectivity index (χ0n) is 10.7. The van der Waals surface area contributed by atoms with E-state index in [9.17, 15) is 0 Å². The van der Waals surface area contributed by atoms with Crippen LogP contribution < -0.4 is 0 Å². The molecule has 0 fully saturated rings. The van der Waals surface area contributed by atoms with Gasteiger partial charge in [0.25, 0.3) is 0 Å². The Hall–Kier alpha value is -1.60. The average molecular weight is 252 g/mol. The van der Waals surface area contributed by atoms with Gasteiger partial charge in [0.2, 0.25) is 0 Å². The second kappa shape index (κ2) is 4.58. The molecule has 0 nitrogen and oxygen atoms in total. The smallest absolute Gasteiger partial charge is 0.0354 e. The summed E-state index contributed by atoms with van der Waals surface area (Å²) < 4.78 is 1.41. The third kappa shape index (κ3) is 1.85. The molecule has 90 valence electrons. The number of aryl methyl sites for hydroxylation is 2. The third-order valence-electron chi connectivity index (χ3n) is 3.47. The maximum atomic E-state index is 2.32. The van der Waals surface area contributed by atoms with E-state index in [0.29, 0.717) is 0 Å². The van der Waals surface area contributed by atoms with Crippen molar-refractivity contribution in [3.63, 3.8) is 0 Å². The van der Waals surface area contributed by atoms with Gasteiger partial charge in [0.1, 0.15) is 0 Å². The minimum Gasteiger partial charge on any atom is -0.140 e. The van der Waals surface area contributed by atoms with Crippen molar-refractivity contribution >= 4 is 21.4 Å². The van der Waals surface area contributed by atoms with Crippen molar-refractivity contribution in [3.8, 4) is 11.1 Å². The quantitative estimate of drug-likeness (QED) is 0.569. The normalized spacial score (nSPS) is 11.0. The predicted octanol–water partition coefficient (Wildman–Crippen LogP) is 5.44. The summed E-state index contributed by atoms with van der Waals surface area (Å²) in [6, 6.07) is 17.4. The van der Waals surface area contributed by atoms with Crippen molar-refractivity contribution in [1.29, 1.82) is 0 Å². The van der Waals surface area contributed by atoms with Gasteiger partial charge in [0.15, 0.2) is 0 Å². The molecule has 3 rings (SSSR count). The number of rotatable bonds is 2. The van der Waals surface area contributed by atoms with E-state index in [2.05, 4.69) is 62.4 Å². The van der Waals surface area contributed by atoms with Gasteiger partial charge < -0.3 is 0 Å². The van der Waals surface area contributed by atoms with Crippen molar-refractivity contribution < 1.29 is 0 Å². The summed E-state index contributed by atoms with van der Waals surface area (Å²) in [7, 11) is 0. The van der Waals surface area contributed by atoms with Crippen LogP contribution >= 0.6 is 11.3 Å². The molecule has 1 heterocycles. The standard InChI is InChI=1S/C17H16S/c1-3-16-12(2)15-10-9-14(11-17(15)18-16)13-7-5-4-6-8-13/h4-11H,3H2,1-2H3. The Morgan fingerprint density at radius 2 is 1.72 bits per heavy atom. The van der Waals surface area contributed by atoms with Crippen molar-refractivity contribution in [2.24, 2.45) is 0 Å². The van der Waals surface area contributed by atoms with Gasteiger partial charge in [0, 0.05) is 9.58 Å². The molecule has 0 radical (unpaired) electrons. The van der Waals surface area contributed by atoms with Gasteiger partial charge in [0.05, 0.1) is 0 Å². The highest BCUT2D eigenvalue weighted by Crippen LogP contribution is 2.34. The van der Waals surface area contributed by atoms with E-state index in [0.717, 1.165) is 6.42 Å². The maximum absolute atomic E-state index is 2.32. The van der Waals surface area contributed by atoms with Gasteiger partial charge in [-0.3, -0.25) is 0 Å². The summed E-state index contributed by atoms with van der Waals surface area (Å²) in [6.07, 6.45) is 1.13. The van der Waals surface area contributed by atoms with Gasteiger partial charge >= 0.3 is 0 Å². The predicted molar refractivity (Wildman–Crippen MR) is 81.4 cm³/mol. The molecule has 0 saturated carbocycles. The molecule has 1 aromatic heterocycles. The van der Waals surface area contributed by atoms with Crippen LogP contribution in [0.1, 0.15) is 17.4 Å². The molecule has 18 heavy (non-hydrogen) atoms. The van der Waals surface area contributed by atoms with E-state index in [1.807, 2.05) is 11.3 Å². The molecule has 3 aromatic rings. The number of hydrogen-bond acceptors (Lipinski definition) is 1. The van der Waals surface area contributed by atoms with Crippen molar-refractivity contribution in [2.45, 2.75) is 20.3 Å². The first-order valence-corrected chi connectivity index (χ1v) is 7.18. The highest BCUT2D eigenvalue weighted by atomic mass is 32.1. The SMILES string of the molecule is CCc1sc2cc(-c3ccccc3)ccc2c1C. The van der Waals surface area contributed by atoms with E-state index < -0.39 is 0 Å². The van der Waals surface area contributed by atoms with Gasteiger partial charge in [-0.15, -0.1) is 11.3 Å². The van der Waals surface area contributed by atoms with E-state index in [1.165, 1.54) is 31.7 Å². The van der Waals surface area contributed by atoms with Crippen LogP contribution in [0.3, 0.4) is 0 Å². The molecule has 0 bridgehead atoms. The Morgan fingerprint density at radius 3 is 2.44 bits per heavy atom. The van der Waals surface area contributed by atoms with Crippen molar-refractivity contribution in [3.05, 3.63) is 59.0 Å². The second-order valence-corrected chi connectivity index (χ2v) is 5.72. The van der Waals surface area contributed by atoms with Crippen LogP contribution in [0.2, 0.25) is 0 Å². The Labute approximate surface area is 112 Å². The summed E-state index contributed by atoms with van der Waals surface area (Å²) in [4.78, 5) is 1.51. The van der Waals surface area contributed by atoms with Crippen LogP contribution in [-0.2, 0) is 6.42 Å². The first-order valence-electron chi connectivity index (χ1n) is 6.37. The largest absolute Gasteiger partial charge is 0.140 e. The molecule has 0 aliphatic rings. The first-order chi connectivity index (χ1) is 8.79. The summed E-state index contributed by atoms with van der Waals surface area (Å²) in [5.74, 6) is 0. The van der Waals surface area contributed by atoms with E-state index in [1.54, 1.807) is 0 Å². The maximum Gasteiger partial charge on any atom is 0.0354 e. The van der Waals surface area contributed by atoms with Crippen LogP contribution in [0, 0.1) is 6.92 Å². The van der Waals surface area contributed by atoms with Crippen LogP contribution in [0.15, 0.2) is 48.5 Å². The molecule has 2 aromatic carbocycles. The molecular weight excluding hydrogens is 236 g/mol. The van der Waals surface area contributed by atoms with Gasteiger partial charge in [-0.1, -0.05) is 49.4 Å². The van der Waals surface area contributed by atoms with Gasteiger partial charge in [-0.2, -0.15) is 0 Å². The van der Waals surface area contributed by atoms with Crippen LogP contribution in [0.25, 0.3) is 21.2 Å². The van der Waals surface area contributed by atoms with Crippen molar-refractivity contribution in [1.82, 2.24) is 0 Å². The molecule has 0 spiro atoms. The molecule has 1 heteroatoms. The van der Waals surface area contributed by atoms with Gasteiger partial charge in [-0.25, -0.2) is 0 Å². The molecule has 0 aliphatic heterocycles. The lowest BCUT2D eigenvalue weighted by Crippen LogP contribution is -1.78. The molecule has 0 N–H and O–H groups in total. The highest BCUT2D eigenvalue weighted by Gasteiger charge is 2.07. The fraction of sp³-hybridized carbons (Fsp3) is 0.176. The molecule has 0 amide bonds. The summed E-state index contributed by atoms with van der Waals surface area (Å²) in [5.41, 5.74) is 4.06. The molecule has 0 unspecified atom stereocenters. The summed E-state index contributed by atoms with van der Waals surface area (Å²) in [6.45, 7) is 4.47. The third-order valence-corrected chi connectivity index (χ3v) is 4.86. The fourth-order valence-corrected chi connectivity index (χ4v) is 3.61. The first kappa shape index (κ1) is 11.5. The second-order valence-electron chi connectivity index (χ2n) is 4.58. The Bertz CT molecular complexity index is 677. The van der Waals surface area contributed by atoms with Crippen LogP contribution in [0.4, 0.5) is 0 Å². The summed E-state index contributed by atoms with van der Waals surface area (Å²) in [5, 5.41) is 1.41. The van der Waals surface area contributed by atoms with Crippen LogP contribution in [0.5, 0.6) is 0 Å². The Morgan fingerprint density at radius 1 is 0.944 bits per heavy atom. The van der Waals surface area contributed by atoms with E-state index >= 15 is 0 Å². The van der Waals surface area contributed by atoms with E-state index in [-0.39, 0.29) is 0 Å². The number of benzene rings is 2. The molecule has 0 aliphatic carbocycles. The highest BCUT2D eigenvalue weighted by molar-refractivity contribution is 7.19. The lowest BCUT2D eigenvalue weighted by Gasteiger charge is -2.01. The Balaban J connectivity index is 2.17. The zero-order valence-corrected chi connectivity index (χ0v) is 11.6. The topological polar surface area (TPSA) is 0 Å². The zero-order chi connectivity index (χ0) is 12.5. The molecular formula is C17H16S. The molecule has 0 atom stereocenters. The lowest BCUT2D eigenvalue weighted by atomic mass is 10.0. The number of fused-ring (bicyclic) bond motifs is 1. The van der Waals surface area contributed by atoms with Crippen molar-refractivity contribution in [2.75, 3.05) is 0 Å². The van der Waals surface area contributed by atoms with E-state index in [4.69, 9.17) is 0 Å². The number of thiophene rings is 1. The molecule has 0 saturated heterocycles.